The van der Waals surface area contributed by atoms with Crippen molar-refractivity contribution in [2.45, 2.75) is 57.6 Å². The smallest absolute Gasteiger partial charge is 0.271 e. The van der Waals surface area contributed by atoms with Gasteiger partial charge in [-0.25, -0.2) is 4.98 Å². The molecule has 0 saturated carbocycles. The first-order valence-electron chi connectivity index (χ1n) is 10.00. The van der Waals surface area contributed by atoms with Crippen LogP contribution in [0.3, 0.4) is 0 Å². The van der Waals surface area contributed by atoms with E-state index in [1.807, 2.05) is 24.3 Å². The number of unbranched alkanes of at least 4 members (excludes halogenated alkanes) is 3. The Morgan fingerprint density at radius 2 is 1.97 bits per heavy atom. The standard InChI is InChI=1S/C21H32N4O3.2ClH/c1-16(26)18(25-21(27)19-14-23-15-24-19)11-10-17-8-4-5-9-20(17)28-13-7-3-2-6-12-22;;/h4-5,8-9,14-16,18,26H,2-3,6-7,10-13,22H2,1H3,(H,23,24)(H,25,27);2*1H/t16-,18+;;/m0../s1. The van der Waals surface area contributed by atoms with Crippen molar-refractivity contribution in [3.63, 3.8) is 0 Å². The molecule has 0 saturated heterocycles. The van der Waals surface area contributed by atoms with Gasteiger partial charge in [-0.3, -0.25) is 4.79 Å². The maximum absolute atomic E-state index is 12.2. The third kappa shape index (κ3) is 9.80. The Kier molecular flexibility index (Phi) is 15.0. The van der Waals surface area contributed by atoms with E-state index in [1.54, 1.807) is 6.92 Å². The number of nitrogens with zero attached hydrogens (tertiary/aromatic N) is 1. The van der Waals surface area contributed by atoms with Crippen molar-refractivity contribution in [2.24, 2.45) is 5.73 Å². The Bertz CT molecular complexity index is 699. The van der Waals surface area contributed by atoms with Crippen LogP contribution in [0.25, 0.3) is 0 Å². The zero-order chi connectivity index (χ0) is 20.2. The molecule has 0 spiro atoms. The van der Waals surface area contributed by atoms with Crippen molar-refractivity contribution in [3.05, 3.63) is 48.0 Å². The van der Waals surface area contributed by atoms with Crippen LogP contribution in [0.1, 0.15) is 55.1 Å². The molecule has 1 amide bonds. The van der Waals surface area contributed by atoms with Gasteiger partial charge in [0.15, 0.2) is 0 Å². The lowest BCUT2D eigenvalue weighted by Crippen LogP contribution is -2.42. The molecule has 0 aliphatic carbocycles. The maximum atomic E-state index is 12.2. The van der Waals surface area contributed by atoms with E-state index in [0.717, 1.165) is 43.5 Å². The van der Waals surface area contributed by atoms with Gasteiger partial charge in [-0.15, -0.1) is 24.8 Å². The second-order valence-electron chi connectivity index (χ2n) is 6.97. The van der Waals surface area contributed by atoms with E-state index in [0.29, 0.717) is 25.1 Å². The predicted molar refractivity (Wildman–Crippen MR) is 124 cm³/mol. The van der Waals surface area contributed by atoms with Crippen molar-refractivity contribution < 1.29 is 14.6 Å². The van der Waals surface area contributed by atoms with Gasteiger partial charge in [0.1, 0.15) is 11.4 Å². The topological polar surface area (TPSA) is 113 Å². The summed E-state index contributed by atoms with van der Waals surface area (Å²) >= 11 is 0. The number of H-pyrrole nitrogens is 1. The van der Waals surface area contributed by atoms with Crippen LogP contribution in [0.15, 0.2) is 36.8 Å². The second kappa shape index (κ2) is 16.0. The molecule has 1 aromatic carbocycles. The van der Waals surface area contributed by atoms with Crippen molar-refractivity contribution in [1.82, 2.24) is 15.3 Å². The van der Waals surface area contributed by atoms with E-state index in [2.05, 4.69) is 15.3 Å². The largest absolute Gasteiger partial charge is 0.493 e. The number of nitrogens with one attached hydrogen (secondary N) is 2. The highest BCUT2D eigenvalue weighted by molar-refractivity contribution is 5.92. The first kappa shape index (κ1) is 28.2. The summed E-state index contributed by atoms with van der Waals surface area (Å²) in [6, 6.07) is 7.56. The van der Waals surface area contributed by atoms with Crippen LogP contribution >= 0.6 is 24.8 Å². The number of aliphatic hydroxyl groups excluding tert-OH is 1. The Labute approximate surface area is 191 Å². The van der Waals surface area contributed by atoms with Gasteiger partial charge >= 0.3 is 0 Å². The SMILES string of the molecule is C[C@H](O)[C@@H](CCc1ccccc1OCCCCCCN)NC(=O)c1c[nH]cn1.Cl.Cl. The number of rotatable bonds is 13. The first-order chi connectivity index (χ1) is 13.6. The molecule has 0 unspecified atom stereocenters. The highest BCUT2D eigenvalue weighted by atomic mass is 35.5. The lowest BCUT2D eigenvalue weighted by atomic mass is 10.0. The molecule has 1 aromatic heterocycles. The summed E-state index contributed by atoms with van der Waals surface area (Å²) in [6.07, 6.45) is 7.92. The summed E-state index contributed by atoms with van der Waals surface area (Å²) in [5, 5.41) is 12.9. The zero-order valence-electron chi connectivity index (χ0n) is 17.4. The van der Waals surface area contributed by atoms with Gasteiger partial charge in [-0.1, -0.05) is 31.0 Å². The molecule has 0 radical (unpaired) electrons. The van der Waals surface area contributed by atoms with Crippen molar-refractivity contribution in [2.75, 3.05) is 13.2 Å². The lowest BCUT2D eigenvalue weighted by Gasteiger charge is -2.21. The van der Waals surface area contributed by atoms with Gasteiger partial charge in [-0.2, -0.15) is 0 Å². The fraction of sp³-hybridized carbons (Fsp3) is 0.524. The number of hydrogen-bond donors (Lipinski definition) is 4. The summed E-state index contributed by atoms with van der Waals surface area (Å²) in [6.45, 7) is 3.10. The van der Waals surface area contributed by atoms with Crippen LogP contribution < -0.4 is 15.8 Å². The van der Waals surface area contributed by atoms with Crippen LogP contribution in [0, 0.1) is 0 Å². The Morgan fingerprint density at radius 1 is 1.23 bits per heavy atom. The molecule has 2 rings (SSSR count). The molecule has 0 bridgehead atoms. The molecule has 7 nitrogen and oxygen atoms in total. The molecule has 2 atom stereocenters. The zero-order valence-corrected chi connectivity index (χ0v) is 19.0. The van der Waals surface area contributed by atoms with Crippen LogP contribution in [0.5, 0.6) is 5.75 Å². The number of aromatic amines is 1. The Morgan fingerprint density at radius 3 is 2.63 bits per heavy atom. The number of aromatic nitrogens is 2. The second-order valence-corrected chi connectivity index (χ2v) is 6.97. The number of aryl methyl sites for hydroxylation is 1. The number of carbonyl (C=O) groups is 1. The number of hydrogen-bond acceptors (Lipinski definition) is 5. The minimum atomic E-state index is -0.668. The van der Waals surface area contributed by atoms with Gasteiger partial charge in [0.25, 0.3) is 5.91 Å². The summed E-state index contributed by atoms with van der Waals surface area (Å²) in [5.74, 6) is 0.568. The fourth-order valence-electron chi connectivity index (χ4n) is 3.01. The quantitative estimate of drug-likeness (QED) is 0.342. The highest BCUT2D eigenvalue weighted by Crippen LogP contribution is 2.21. The summed E-state index contributed by atoms with van der Waals surface area (Å²) < 4.78 is 5.95. The number of imidazole rings is 1. The van der Waals surface area contributed by atoms with E-state index >= 15 is 0 Å². The number of ether oxygens (including phenoxy) is 1. The molecule has 170 valence electrons. The van der Waals surface area contributed by atoms with Gasteiger partial charge in [0.05, 0.1) is 25.1 Å². The predicted octanol–water partition coefficient (Wildman–Crippen LogP) is 3.26. The Balaban J connectivity index is 0.00000420. The minimum absolute atomic E-state index is 0. The molecule has 1 heterocycles. The minimum Gasteiger partial charge on any atom is -0.493 e. The number of nitrogens with two attached hydrogens (primary N) is 1. The highest BCUT2D eigenvalue weighted by Gasteiger charge is 2.20. The molecule has 0 aliphatic rings. The van der Waals surface area contributed by atoms with E-state index in [1.165, 1.54) is 12.5 Å². The third-order valence-electron chi connectivity index (χ3n) is 4.68. The number of halogens is 2. The molecule has 0 fully saturated rings. The van der Waals surface area contributed by atoms with Crippen LogP contribution in [-0.2, 0) is 6.42 Å². The summed E-state index contributed by atoms with van der Waals surface area (Å²) in [7, 11) is 0. The third-order valence-corrected chi connectivity index (χ3v) is 4.68. The number of amides is 1. The van der Waals surface area contributed by atoms with Crippen LogP contribution in [-0.4, -0.2) is 46.3 Å². The molecule has 5 N–H and O–H groups in total. The Hall–Kier alpha value is -1.80. The van der Waals surface area contributed by atoms with Gasteiger partial charge in [0, 0.05) is 6.20 Å². The van der Waals surface area contributed by atoms with Crippen LogP contribution in [0.2, 0.25) is 0 Å². The van der Waals surface area contributed by atoms with E-state index < -0.39 is 6.10 Å². The van der Waals surface area contributed by atoms with Crippen molar-refractivity contribution in [3.8, 4) is 5.75 Å². The van der Waals surface area contributed by atoms with Gasteiger partial charge in [-0.05, 0) is 50.8 Å². The van der Waals surface area contributed by atoms with Crippen LogP contribution in [0.4, 0.5) is 0 Å². The average molecular weight is 461 g/mol. The lowest BCUT2D eigenvalue weighted by molar-refractivity contribution is 0.0846. The van der Waals surface area contributed by atoms with Gasteiger partial charge in [0.2, 0.25) is 0 Å². The number of carbonyl (C=O) groups excluding carboxylic acids is 1. The van der Waals surface area contributed by atoms with E-state index in [-0.39, 0.29) is 36.8 Å². The molecule has 0 aliphatic heterocycles. The number of benzene rings is 1. The normalized spacial score (nSPS) is 12.2. The molecule has 9 heteroatoms. The van der Waals surface area contributed by atoms with Crippen molar-refractivity contribution >= 4 is 30.7 Å². The molecule has 30 heavy (non-hydrogen) atoms. The van der Waals surface area contributed by atoms with E-state index in [4.69, 9.17) is 10.5 Å². The first-order valence-corrected chi connectivity index (χ1v) is 10.00. The molecule has 2 aromatic rings. The molecular formula is C21H34Cl2N4O3. The summed E-state index contributed by atoms with van der Waals surface area (Å²) in [4.78, 5) is 18.9. The van der Waals surface area contributed by atoms with E-state index in [9.17, 15) is 9.90 Å². The summed E-state index contributed by atoms with van der Waals surface area (Å²) in [5.41, 5.74) is 6.89. The fourth-order valence-corrected chi connectivity index (χ4v) is 3.01. The van der Waals surface area contributed by atoms with Crippen molar-refractivity contribution in [1.29, 1.82) is 0 Å². The molecular weight excluding hydrogens is 427 g/mol. The number of para-hydroxylation sites is 1. The average Bonchev–Trinajstić information content (AvgIpc) is 3.23. The monoisotopic (exact) mass is 460 g/mol. The maximum Gasteiger partial charge on any atom is 0.271 e. The van der Waals surface area contributed by atoms with Gasteiger partial charge < -0.3 is 25.9 Å². The number of aliphatic hydroxyl groups is 1.